The summed E-state index contributed by atoms with van der Waals surface area (Å²) in [7, 11) is 0. The lowest BCUT2D eigenvalue weighted by molar-refractivity contribution is 0.0746. The van der Waals surface area contributed by atoms with Gasteiger partial charge in [0.05, 0.1) is 10.6 Å². The normalized spacial score (nSPS) is 14.6. The molecule has 1 fully saturated rings. The Balaban J connectivity index is 1.80. The van der Waals surface area contributed by atoms with Crippen LogP contribution in [0.25, 0.3) is 0 Å². The van der Waals surface area contributed by atoms with E-state index in [0.29, 0.717) is 5.02 Å². The summed E-state index contributed by atoms with van der Waals surface area (Å²) in [4.78, 5) is 15.1. The van der Waals surface area contributed by atoms with Crippen LogP contribution in [0.15, 0.2) is 18.2 Å². The van der Waals surface area contributed by atoms with E-state index in [4.69, 9.17) is 34.8 Å². The molecule has 1 saturated heterocycles. The number of hydrogen-bond donors (Lipinski definition) is 0. The zero-order chi connectivity index (χ0) is 19.9. The van der Waals surface area contributed by atoms with Crippen molar-refractivity contribution in [2.75, 3.05) is 31.1 Å². The van der Waals surface area contributed by atoms with Gasteiger partial charge < -0.3 is 9.80 Å². The van der Waals surface area contributed by atoms with Crippen LogP contribution in [-0.2, 0) is 0 Å². The van der Waals surface area contributed by atoms with E-state index in [-0.39, 0.29) is 36.8 Å². The van der Waals surface area contributed by atoms with E-state index in [1.807, 2.05) is 0 Å². The summed E-state index contributed by atoms with van der Waals surface area (Å²) in [5, 5.41) is -0.693. The maximum atomic E-state index is 14.1. The Morgan fingerprint density at radius 1 is 0.852 bits per heavy atom. The smallest absolute Gasteiger partial charge is 0.255 e. The zero-order valence-electron chi connectivity index (χ0n) is 13.5. The van der Waals surface area contributed by atoms with Crippen molar-refractivity contribution < 1.29 is 22.4 Å². The summed E-state index contributed by atoms with van der Waals surface area (Å²) in [5.41, 5.74) is -0.652. The highest BCUT2D eigenvalue weighted by Gasteiger charge is 2.31. The highest BCUT2D eigenvalue weighted by Crippen LogP contribution is 2.34. The first-order chi connectivity index (χ1) is 12.7. The minimum absolute atomic E-state index is 0.0434. The Kier molecular flexibility index (Phi) is 5.74. The van der Waals surface area contributed by atoms with Crippen LogP contribution in [-0.4, -0.2) is 37.0 Å². The van der Waals surface area contributed by atoms with Gasteiger partial charge in [-0.25, -0.2) is 17.6 Å². The molecule has 0 spiro atoms. The standard InChI is InChI=1S/C17H11Cl3F4N2O/c18-8-1-2-10(19)9(7-8)17(27)26-5-3-25(4-6-26)16-14(23)12(21)11(20)13(22)15(16)24/h1-2,7H,3-6H2. The molecule has 2 aromatic carbocycles. The number of anilines is 1. The fourth-order valence-corrected chi connectivity index (χ4v) is 3.37. The molecular weight excluding hydrogens is 431 g/mol. The molecule has 10 heteroatoms. The molecule has 0 saturated carbocycles. The van der Waals surface area contributed by atoms with Gasteiger partial charge in [0.2, 0.25) is 0 Å². The van der Waals surface area contributed by atoms with Crippen LogP contribution in [0.5, 0.6) is 0 Å². The molecule has 1 aliphatic rings. The van der Waals surface area contributed by atoms with E-state index in [1.54, 1.807) is 0 Å². The highest BCUT2D eigenvalue weighted by molar-refractivity contribution is 6.35. The summed E-state index contributed by atoms with van der Waals surface area (Å²) >= 11 is 17.1. The second kappa shape index (κ2) is 7.73. The zero-order valence-corrected chi connectivity index (χ0v) is 15.8. The van der Waals surface area contributed by atoms with Crippen LogP contribution in [0.3, 0.4) is 0 Å². The number of carbonyl (C=O) groups excluding carboxylic acids is 1. The number of rotatable bonds is 2. The molecule has 1 heterocycles. The minimum Gasteiger partial charge on any atom is -0.363 e. The van der Waals surface area contributed by atoms with Crippen LogP contribution in [0.2, 0.25) is 15.1 Å². The molecule has 2 aromatic rings. The van der Waals surface area contributed by atoms with Crippen molar-refractivity contribution in [2.45, 2.75) is 0 Å². The average molecular weight is 442 g/mol. The first-order valence-electron chi connectivity index (χ1n) is 7.73. The largest absolute Gasteiger partial charge is 0.363 e. The number of carbonyl (C=O) groups is 1. The summed E-state index contributed by atoms with van der Waals surface area (Å²) in [6.07, 6.45) is 0. The third-order valence-electron chi connectivity index (χ3n) is 4.23. The third kappa shape index (κ3) is 3.68. The molecule has 0 atom stereocenters. The van der Waals surface area contributed by atoms with Crippen molar-refractivity contribution in [3.05, 3.63) is 62.1 Å². The lowest BCUT2D eigenvalue weighted by Crippen LogP contribution is -2.49. The first-order valence-corrected chi connectivity index (χ1v) is 8.86. The number of nitrogens with zero attached hydrogens (tertiary/aromatic N) is 2. The van der Waals surface area contributed by atoms with E-state index in [0.717, 1.165) is 4.90 Å². The topological polar surface area (TPSA) is 23.6 Å². The van der Waals surface area contributed by atoms with Gasteiger partial charge in [0.1, 0.15) is 10.7 Å². The fourth-order valence-electron chi connectivity index (χ4n) is 2.84. The lowest BCUT2D eigenvalue weighted by atomic mass is 10.1. The maximum Gasteiger partial charge on any atom is 0.255 e. The second-order valence-corrected chi connectivity index (χ2v) is 7.04. The Morgan fingerprint density at radius 3 is 1.96 bits per heavy atom. The molecule has 0 aliphatic carbocycles. The molecule has 3 nitrogen and oxygen atoms in total. The summed E-state index contributed by atoms with van der Waals surface area (Å²) in [6.45, 7) is 0.0371. The molecule has 144 valence electrons. The van der Waals surface area contributed by atoms with Crippen LogP contribution >= 0.6 is 34.8 Å². The molecule has 0 aromatic heterocycles. The van der Waals surface area contributed by atoms with Gasteiger partial charge in [0, 0.05) is 31.2 Å². The Morgan fingerprint density at radius 2 is 1.41 bits per heavy atom. The molecule has 3 rings (SSSR count). The van der Waals surface area contributed by atoms with Crippen molar-refractivity contribution in [3.8, 4) is 0 Å². The average Bonchev–Trinajstić information content (AvgIpc) is 2.67. The fraction of sp³-hybridized carbons (Fsp3) is 0.235. The number of benzene rings is 2. The van der Waals surface area contributed by atoms with Gasteiger partial charge in [-0.3, -0.25) is 4.79 Å². The van der Waals surface area contributed by atoms with Gasteiger partial charge in [-0.1, -0.05) is 34.8 Å². The molecule has 0 N–H and O–H groups in total. The van der Waals surface area contributed by atoms with Crippen molar-refractivity contribution in [1.29, 1.82) is 0 Å². The van der Waals surface area contributed by atoms with E-state index in [2.05, 4.69) is 0 Å². The molecule has 1 aliphatic heterocycles. The second-order valence-electron chi connectivity index (χ2n) is 5.82. The van der Waals surface area contributed by atoms with Gasteiger partial charge in [-0.05, 0) is 18.2 Å². The molecule has 1 amide bonds. The molecule has 27 heavy (non-hydrogen) atoms. The Labute approximate surface area is 167 Å². The quantitative estimate of drug-likeness (QED) is 0.365. The SMILES string of the molecule is O=C(c1cc(Cl)ccc1Cl)N1CCN(c2c(F)c(F)c(Cl)c(F)c2F)CC1. The molecule has 0 bridgehead atoms. The number of hydrogen-bond acceptors (Lipinski definition) is 2. The Bertz CT molecular complexity index is 889. The third-order valence-corrected chi connectivity index (χ3v) is 5.13. The number of piperazine rings is 1. The highest BCUT2D eigenvalue weighted by atomic mass is 35.5. The van der Waals surface area contributed by atoms with Crippen LogP contribution < -0.4 is 4.90 Å². The van der Waals surface area contributed by atoms with Gasteiger partial charge in [0.15, 0.2) is 23.3 Å². The minimum atomic E-state index is -1.66. The first kappa shape index (κ1) is 20.0. The number of amides is 1. The molecule has 0 unspecified atom stereocenters. The molecule has 0 radical (unpaired) electrons. The summed E-state index contributed by atoms with van der Waals surface area (Å²) in [5.74, 6) is -6.87. The van der Waals surface area contributed by atoms with Gasteiger partial charge >= 0.3 is 0 Å². The van der Waals surface area contributed by atoms with E-state index in [9.17, 15) is 22.4 Å². The van der Waals surface area contributed by atoms with Crippen molar-refractivity contribution >= 4 is 46.4 Å². The van der Waals surface area contributed by atoms with Crippen LogP contribution in [0.1, 0.15) is 10.4 Å². The van der Waals surface area contributed by atoms with Gasteiger partial charge in [-0.2, -0.15) is 0 Å². The van der Waals surface area contributed by atoms with Crippen molar-refractivity contribution in [3.63, 3.8) is 0 Å². The summed E-state index contributed by atoms with van der Waals surface area (Å²) in [6, 6.07) is 4.44. The maximum absolute atomic E-state index is 14.1. The van der Waals surface area contributed by atoms with Gasteiger partial charge in [0.25, 0.3) is 5.91 Å². The van der Waals surface area contributed by atoms with Crippen LogP contribution in [0.4, 0.5) is 23.2 Å². The van der Waals surface area contributed by atoms with Crippen molar-refractivity contribution in [1.82, 2.24) is 4.90 Å². The lowest BCUT2D eigenvalue weighted by Gasteiger charge is -2.36. The van der Waals surface area contributed by atoms with Gasteiger partial charge in [-0.15, -0.1) is 0 Å². The predicted octanol–water partition coefficient (Wildman–Crippen LogP) is 5.17. The van der Waals surface area contributed by atoms with E-state index < -0.39 is 39.9 Å². The monoisotopic (exact) mass is 440 g/mol. The summed E-state index contributed by atoms with van der Waals surface area (Å²) < 4.78 is 55.5. The Hall–Kier alpha value is -1.70. The number of halogens is 7. The van der Waals surface area contributed by atoms with Crippen LogP contribution in [0, 0.1) is 23.3 Å². The van der Waals surface area contributed by atoms with E-state index in [1.165, 1.54) is 23.1 Å². The predicted molar refractivity (Wildman–Crippen MR) is 95.9 cm³/mol. The van der Waals surface area contributed by atoms with E-state index >= 15 is 0 Å². The van der Waals surface area contributed by atoms with Crippen molar-refractivity contribution in [2.24, 2.45) is 0 Å². The molecular formula is C17H11Cl3F4N2O.